The van der Waals surface area contributed by atoms with Crippen molar-refractivity contribution in [3.63, 3.8) is 0 Å². The molecule has 1 heterocycles. The normalized spacial score (nSPS) is 19.5. The van der Waals surface area contributed by atoms with Gasteiger partial charge in [0.2, 0.25) is 23.6 Å². The van der Waals surface area contributed by atoms with E-state index < -0.39 is 59.9 Å². The molecule has 0 aromatic carbocycles. The number of hydrogen-bond acceptors (Lipinski definition) is 7. The molecule has 182 valence electrons. The Bertz CT molecular complexity index is 692. The molecule has 12 heteroatoms. The van der Waals surface area contributed by atoms with Crippen LogP contribution in [-0.4, -0.2) is 76.6 Å². The van der Waals surface area contributed by atoms with E-state index in [0.29, 0.717) is 13.0 Å². The maximum atomic E-state index is 12.8. The SMILES string of the molecule is CC(C)CC(NC(=O)C(NC(=O)C1CCCN1)C(C)O)C(=O)NC(CCC(N)=O)C(=O)O. The third-order valence-electron chi connectivity index (χ3n) is 5.07. The average molecular weight is 458 g/mol. The minimum Gasteiger partial charge on any atom is -0.480 e. The Morgan fingerprint density at radius 3 is 2.12 bits per heavy atom. The Kier molecular flexibility index (Phi) is 11.1. The lowest BCUT2D eigenvalue weighted by Gasteiger charge is -2.27. The number of carbonyl (C=O) groups is 5. The Morgan fingerprint density at radius 1 is 1.03 bits per heavy atom. The number of amides is 4. The number of aliphatic carboxylic acids is 1. The van der Waals surface area contributed by atoms with Gasteiger partial charge in [-0.2, -0.15) is 0 Å². The summed E-state index contributed by atoms with van der Waals surface area (Å²) >= 11 is 0. The largest absolute Gasteiger partial charge is 0.480 e. The standard InChI is InChI=1S/C20H35N5O7/c1-10(2)9-14(18(29)23-13(20(31)32)6-7-15(21)27)24-19(30)16(11(3)26)25-17(28)12-5-4-8-22-12/h10-14,16,22,26H,4-9H2,1-3H3,(H2,21,27)(H,23,29)(H,24,30)(H,25,28)(H,31,32). The van der Waals surface area contributed by atoms with Crippen molar-refractivity contribution in [2.75, 3.05) is 6.54 Å². The predicted molar refractivity (Wildman–Crippen MR) is 114 cm³/mol. The molecule has 0 aliphatic carbocycles. The van der Waals surface area contributed by atoms with E-state index in [2.05, 4.69) is 21.3 Å². The quantitative estimate of drug-likeness (QED) is 0.164. The molecule has 1 aliphatic heterocycles. The molecular formula is C20H35N5O7. The van der Waals surface area contributed by atoms with Gasteiger partial charge in [0.05, 0.1) is 12.1 Å². The van der Waals surface area contributed by atoms with E-state index in [9.17, 15) is 34.2 Å². The highest BCUT2D eigenvalue weighted by Crippen LogP contribution is 2.09. The summed E-state index contributed by atoms with van der Waals surface area (Å²) in [6, 6.07) is -4.22. The van der Waals surface area contributed by atoms with Crippen LogP contribution in [-0.2, 0) is 24.0 Å². The van der Waals surface area contributed by atoms with E-state index in [1.165, 1.54) is 6.92 Å². The lowest BCUT2D eigenvalue weighted by atomic mass is 10.0. The molecule has 1 rings (SSSR count). The maximum absolute atomic E-state index is 12.8. The molecule has 0 aromatic rings. The van der Waals surface area contributed by atoms with Gasteiger partial charge >= 0.3 is 5.97 Å². The molecule has 0 bridgehead atoms. The number of carboxylic acid groups (broad SMARTS) is 1. The molecule has 5 unspecified atom stereocenters. The lowest BCUT2D eigenvalue weighted by Crippen LogP contribution is -2.59. The Labute approximate surface area is 187 Å². The minimum absolute atomic E-state index is 0.0396. The number of primary amides is 1. The van der Waals surface area contributed by atoms with Crippen LogP contribution in [0.15, 0.2) is 0 Å². The van der Waals surface area contributed by atoms with E-state index in [0.717, 1.165) is 6.42 Å². The smallest absolute Gasteiger partial charge is 0.326 e. The highest BCUT2D eigenvalue weighted by molar-refractivity contribution is 5.94. The van der Waals surface area contributed by atoms with Gasteiger partial charge in [-0.15, -0.1) is 0 Å². The van der Waals surface area contributed by atoms with Crippen LogP contribution in [0, 0.1) is 5.92 Å². The van der Waals surface area contributed by atoms with E-state index in [1.54, 1.807) is 0 Å². The highest BCUT2D eigenvalue weighted by Gasteiger charge is 2.33. The van der Waals surface area contributed by atoms with Crippen molar-refractivity contribution >= 4 is 29.6 Å². The van der Waals surface area contributed by atoms with Crippen molar-refractivity contribution in [2.45, 2.75) is 83.1 Å². The van der Waals surface area contributed by atoms with Gasteiger partial charge in [-0.05, 0) is 45.1 Å². The first kappa shape index (κ1) is 27.3. The first-order chi connectivity index (χ1) is 14.9. The van der Waals surface area contributed by atoms with Crippen molar-refractivity contribution in [3.8, 4) is 0 Å². The summed E-state index contributed by atoms with van der Waals surface area (Å²) in [6.07, 6.45) is -0.0419. The van der Waals surface area contributed by atoms with Crippen LogP contribution in [0.5, 0.6) is 0 Å². The molecule has 5 atom stereocenters. The van der Waals surface area contributed by atoms with Gasteiger partial charge in [0.15, 0.2) is 0 Å². The van der Waals surface area contributed by atoms with Crippen LogP contribution in [0.3, 0.4) is 0 Å². The van der Waals surface area contributed by atoms with Crippen molar-refractivity contribution in [2.24, 2.45) is 11.7 Å². The third-order valence-corrected chi connectivity index (χ3v) is 5.07. The van der Waals surface area contributed by atoms with Gasteiger partial charge < -0.3 is 37.2 Å². The summed E-state index contributed by atoms with van der Waals surface area (Å²) in [7, 11) is 0. The zero-order chi connectivity index (χ0) is 24.4. The number of nitrogens with one attached hydrogen (secondary N) is 4. The molecule has 1 saturated heterocycles. The van der Waals surface area contributed by atoms with E-state index >= 15 is 0 Å². The van der Waals surface area contributed by atoms with Gasteiger partial charge in [-0.3, -0.25) is 19.2 Å². The van der Waals surface area contributed by atoms with Crippen LogP contribution >= 0.6 is 0 Å². The molecule has 12 nitrogen and oxygen atoms in total. The van der Waals surface area contributed by atoms with Crippen LogP contribution in [0.2, 0.25) is 0 Å². The Hall–Kier alpha value is -2.73. The molecule has 0 spiro atoms. The van der Waals surface area contributed by atoms with Crippen LogP contribution in [0.4, 0.5) is 0 Å². The molecule has 1 fully saturated rings. The molecule has 32 heavy (non-hydrogen) atoms. The molecular weight excluding hydrogens is 422 g/mol. The molecule has 0 radical (unpaired) electrons. The second-order valence-corrected chi connectivity index (χ2v) is 8.47. The number of rotatable bonds is 13. The van der Waals surface area contributed by atoms with Gasteiger partial charge in [-0.25, -0.2) is 4.79 Å². The number of nitrogens with two attached hydrogens (primary N) is 1. The Balaban J connectivity index is 2.88. The van der Waals surface area contributed by atoms with Gasteiger partial charge in [0, 0.05) is 6.42 Å². The molecule has 0 saturated carbocycles. The summed E-state index contributed by atoms with van der Waals surface area (Å²) in [5.74, 6) is -4.03. The zero-order valence-electron chi connectivity index (χ0n) is 18.7. The summed E-state index contributed by atoms with van der Waals surface area (Å²) < 4.78 is 0. The zero-order valence-corrected chi connectivity index (χ0v) is 18.7. The molecule has 1 aliphatic rings. The van der Waals surface area contributed by atoms with Crippen molar-refractivity contribution < 1.29 is 34.2 Å². The second kappa shape index (κ2) is 13.0. The van der Waals surface area contributed by atoms with Crippen LogP contribution in [0.1, 0.15) is 52.9 Å². The summed E-state index contributed by atoms with van der Waals surface area (Å²) in [4.78, 5) is 60.3. The fourth-order valence-electron chi connectivity index (χ4n) is 3.35. The van der Waals surface area contributed by atoms with Crippen molar-refractivity contribution in [3.05, 3.63) is 0 Å². The topological polar surface area (TPSA) is 200 Å². The van der Waals surface area contributed by atoms with Crippen molar-refractivity contribution in [1.82, 2.24) is 21.3 Å². The number of aliphatic hydroxyl groups is 1. The van der Waals surface area contributed by atoms with Crippen molar-refractivity contribution in [1.29, 1.82) is 0 Å². The number of carboxylic acids is 1. The maximum Gasteiger partial charge on any atom is 0.326 e. The first-order valence-corrected chi connectivity index (χ1v) is 10.8. The third kappa shape index (κ3) is 9.18. The Morgan fingerprint density at radius 2 is 1.66 bits per heavy atom. The van der Waals surface area contributed by atoms with Crippen LogP contribution < -0.4 is 27.0 Å². The number of hydrogen-bond donors (Lipinski definition) is 7. The highest BCUT2D eigenvalue weighted by atomic mass is 16.4. The summed E-state index contributed by atoms with van der Waals surface area (Å²) in [5.41, 5.74) is 5.05. The fraction of sp³-hybridized carbons (Fsp3) is 0.750. The van der Waals surface area contributed by atoms with Gasteiger partial charge in [0.25, 0.3) is 0 Å². The molecule has 0 aromatic heterocycles. The fourth-order valence-corrected chi connectivity index (χ4v) is 3.35. The molecule has 4 amide bonds. The van der Waals surface area contributed by atoms with E-state index in [1.807, 2.05) is 13.8 Å². The number of carbonyl (C=O) groups excluding carboxylic acids is 4. The predicted octanol–water partition coefficient (Wildman–Crippen LogP) is -2.03. The molecule has 8 N–H and O–H groups in total. The second-order valence-electron chi connectivity index (χ2n) is 8.47. The van der Waals surface area contributed by atoms with Crippen LogP contribution in [0.25, 0.3) is 0 Å². The first-order valence-electron chi connectivity index (χ1n) is 10.8. The number of aliphatic hydroxyl groups excluding tert-OH is 1. The summed E-state index contributed by atoms with van der Waals surface area (Å²) in [6.45, 7) is 5.65. The van der Waals surface area contributed by atoms with Gasteiger partial charge in [0.1, 0.15) is 18.1 Å². The summed E-state index contributed by atoms with van der Waals surface area (Å²) in [5, 5.41) is 29.7. The van der Waals surface area contributed by atoms with Gasteiger partial charge in [-0.1, -0.05) is 13.8 Å². The minimum atomic E-state index is -1.36. The van der Waals surface area contributed by atoms with E-state index in [4.69, 9.17) is 5.73 Å². The average Bonchev–Trinajstić information content (AvgIpc) is 3.22. The lowest BCUT2D eigenvalue weighted by molar-refractivity contribution is -0.142. The monoisotopic (exact) mass is 457 g/mol. The van der Waals surface area contributed by atoms with E-state index in [-0.39, 0.29) is 25.2 Å².